The first kappa shape index (κ1) is 22.9. The molecule has 1 aromatic heterocycles. The average molecular weight is 424 g/mol. The Labute approximate surface area is 172 Å². The van der Waals surface area contributed by atoms with E-state index in [0.717, 1.165) is 5.56 Å². The molecule has 0 bridgehead atoms. The highest BCUT2D eigenvalue weighted by Gasteiger charge is 2.29. The Bertz CT molecular complexity index is 945. The molecular weight excluding hydrogens is 394 g/mol. The Hall–Kier alpha value is -2.42. The molecule has 0 spiro atoms. The van der Waals surface area contributed by atoms with E-state index in [0.29, 0.717) is 12.0 Å². The Morgan fingerprint density at radius 2 is 1.93 bits per heavy atom. The van der Waals surface area contributed by atoms with E-state index >= 15 is 0 Å². The van der Waals surface area contributed by atoms with E-state index in [4.69, 9.17) is 9.15 Å². The van der Waals surface area contributed by atoms with E-state index in [9.17, 15) is 13.2 Å². The van der Waals surface area contributed by atoms with Gasteiger partial charge in [-0.2, -0.15) is 0 Å². The molecular formula is C20H29N3O5S. The molecule has 2 rings (SSSR count). The zero-order chi connectivity index (χ0) is 21.8. The lowest BCUT2D eigenvalue weighted by molar-refractivity contribution is 0.0487. The predicted octanol–water partition coefficient (Wildman–Crippen LogP) is 3.96. The van der Waals surface area contributed by atoms with Crippen molar-refractivity contribution in [1.29, 1.82) is 0 Å². The number of carbonyl (C=O) groups excluding carboxylic acids is 1. The molecule has 0 aliphatic carbocycles. The van der Waals surface area contributed by atoms with Gasteiger partial charge in [-0.25, -0.2) is 13.2 Å². The number of aromatic nitrogens is 2. The highest BCUT2D eigenvalue weighted by Crippen LogP contribution is 2.24. The molecule has 160 valence electrons. The molecule has 0 fully saturated rings. The van der Waals surface area contributed by atoms with Crippen molar-refractivity contribution in [2.24, 2.45) is 5.92 Å². The third kappa shape index (κ3) is 7.16. The molecule has 0 saturated carbocycles. The van der Waals surface area contributed by atoms with Crippen LogP contribution in [0.3, 0.4) is 0 Å². The van der Waals surface area contributed by atoms with Gasteiger partial charge in [-0.05, 0) is 45.6 Å². The summed E-state index contributed by atoms with van der Waals surface area (Å²) in [5.41, 5.74) is 0.932. The number of alkyl carbamates (subject to hydrolysis) is 1. The molecule has 1 N–H and O–H groups in total. The van der Waals surface area contributed by atoms with E-state index in [2.05, 4.69) is 15.5 Å². The third-order valence-corrected chi connectivity index (χ3v) is 5.23. The summed E-state index contributed by atoms with van der Waals surface area (Å²) in [4.78, 5) is 12.2. The Balaban J connectivity index is 2.21. The van der Waals surface area contributed by atoms with Crippen LogP contribution in [0.15, 0.2) is 33.9 Å². The van der Waals surface area contributed by atoms with Gasteiger partial charge >= 0.3 is 11.3 Å². The summed E-state index contributed by atoms with van der Waals surface area (Å²) in [6.45, 7) is 11.1. The molecule has 1 amide bonds. The van der Waals surface area contributed by atoms with Gasteiger partial charge in [0, 0.05) is 0 Å². The number of nitrogens with zero attached hydrogens (tertiary/aromatic N) is 2. The van der Waals surface area contributed by atoms with Gasteiger partial charge in [0.15, 0.2) is 0 Å². The summed E-state index contributed by atoms with van der Waals surface area (Å²) in [5, 5.41) is 9.83. The number of hydrogen-bond donors (Lipinski definition) is 1. The second-order valence-corrected chi connectivity index (χ2v) is 10.4. The highest BCUT2D eigenvalue weighted by atomic mass is 32.2. The van der Waals surface area contributed by atoms with Gasteiger partial charge in [-0.15, -0.1) is 5.10 Å². The fourth-order valence-electron chi connectivity index (χ4n) is 2.71. The number of benzene rings is 1. The largest absolute Gasteiger partial charge is 0.444 e. The van der Waals surface area contributed by atoms with Gasteiger partial charge in [-0.3, -0.25) is 0 Å². The first-order valence-corrected chi connectivity index (χ1v) is 11.1. The highest BCUT2D eigenvalue weighted by molar-refractivity contribution is 7.90. The molecule has 2 aromatic rings. The second kappa shape index (κ2) is 8.94. The number of aryl methyl sites for hydroxylation is 1. The first-order chi connectivity index (χ1) is 13.4. The quantitative estimate of drug-likeness (QED) is 0.717. The number of rotatable bonds is 7. The maximum absolute atomic E-state index is 12.7. The molecule has 1 atom stereocenters. The van der Waals surface area contributed by atoms with Gasteiger partial charge < -0.3 is 14.5 Å². The minimum Gasteiger partial charge on any atom is -0.444 e. The summed E-state index contributed by atoms with van der Waals surface area (Å²) in [7, 11) is -3.81. The van der Waals surface area contributed by atoms with Crippen LogP contribution < -0.4 is 5.32 Å². The third-order valence-electron chi connectivity index (χ3n) is 3.82. The normalized spacial score (nSPS) is 13.3. The summed E-state index contributed by atoms with van der Waals surface area (Å²) >= 11 is 0. The smallest absolute Gasteiger partial charge is 0.408 e. The first-order valence-electron chi connectivity index (χ1n) is 9.47. The molecule has 9 heteroatoms. The van der Waals surface area contributed by atoms with E-state index < -0.39 is 32.8 Å². The van der Waals surface area contributed by atoms with Crippen molar-refractivity contribution in [2.45, 2.75) is 70.6 Å². The minimum atomic E-state index is -3.81. The minimum absolute atomic E-state index is 0.0346. The number of carbonyl (C=O) groups is 1. The molecule has 0 unspecified atom stereocenters. The Morgan fingerprint density at radius 1 is 1.24 bits per heavy atom. The van der Waals surface area contributed by atoms with Crippen molar-refractivity contribution < 1.29 is 22.4 Å². The summed E-state index contributed by atoms with van der Waals surface area (Å²) in [6, 6.07) is 6.55. The Kier molecular flexibility index (Phi) is 7.05. The van der Waals surface area contributed by atoms with Crippen LogP contribution in [0.25, 0.3) is 0 Å². The van der Waals surface area contributed by atoms with Crippen LogP contribution in [-0.4, -0.2) is 30.3 Å². The summed E-state index contributed by atoms with van der Waals surface area (Å²) < 4.78 is 36.1. The van der Waals surface area contributed by atoms with Crippen LogP contribution in [0.1, 0.15) is 64.1 Å². The standard InChI is InChI=1S/C20H29N3O5S/c1-13(2)10-16(21-18(24)28-20(4,5)6)17-22-23-19(27-17)29(25,26)12-15-9-7-8-14(3)11-15/h7-9,11,13,16H,10,12H2,1-6H3,(H,21,24)/t16-/m1/s1. The number of ether oxygens (including phenoxy) is 1. The van der Waals surface area contributed by atoms with Gasteiger partial charge in [-0.1, -0.05) is 48.8 Å². The van der Waals surface area contributed by atoms with Gasteiger partial charge in [0.1, 0.15) is 11.6 Å². The lowest BCUT2D eigenvalue weighted by atomic mass is 10.0. The van der Waals surface area contributed by atoms with Crippen LogP contribution in [0.5, 0.6) is 0 Å². The van der Waals surface area contributed by atoms with Crippen molar-refractivity contribution in [3.8, 4) is 0 Å². The Morgan fingerprint density at radius 3 is 2.52 bits per heavy atom. The van der Waals surface area contributed by atoms with Crippen molar-refractivity contribution in [3.63, 3.8) is 0 Å². The number of hydrogen-bond acceptors (Lipinski definition) is 7. The monoisotopic (exact) mass is 423 g/mol. The average Bonchev–Trinajstić information content (AvgIpc) is 3.02. The molecule has 8 nitrogen and oxygen atoms in total. The topological polar surface area (TPSA) is 111 Å². The van der Waals surface area contributed by atoms with Crippen LogP contribution in [0.4, 0.5) is 4.79 Å². The predicted molar refractivity (Wildman–Crippen MR) is 108 cm³/mol. The van der Waals surface area contributed by atoms with Crippen LogP contribution in [0.2, 0.25) is 0 Å². The van der Waals surface area contributed by atoms with Crippen LogP contribution in [0, 0.1) is 12.8 Å². The second-order valence-electron chi connectivity index (χ2n) is 8.48. The molecule has 29 heavy (non-hydrogen) atoms. The van der Waals surface area contributed by atoms with Crippen molar-refractivity contribution >= 4 is 15.9 Å². The van der Waals surface area contributed by atoms with Gasteiger partial charge in [0.05, 0.1) is 5.75 Å². The van der Waals surface area contributed by atoms with Crippen molar-refractivity contribution in [2.75, 3.05) is 0 Å². The van der Waals surface area contributed by atoms with Crippen LogP contribution in [-0.2, 0) is 20.3 Å². The van der Waals surface area contributed by atoms with E-state index in [1.165, 1.54) is 0 Å². The van der Waals surface area contributed by atoms with Gasteiger partial charge in [0.25, 0.3) is 0 Å². The van der Waals surface area contributed by atoms with E-state index in [1.807, 2.05) is 26.8 Å². The fourth-order valence-corrected chi connectivity index (χ4v) is 3.83. The van der Waals surface area contributed by atoms with Crippen LogP contribution >= 0.6 is 0 Å². The number of sulfone groups is 1. The van der Waals surface area contributed by atoms with E-state index in [-0.39, 0.29) is 17.6 Å². The molecule has 0 aliphatic heterocycles. The molecule has 0 radical (unpaired) electrons. The maximum Gasteiger partial charge on any atom is 0.408 e. The lowest BCUT2D eigenvalue weighted by Crippen LogP contribution is -2.35. The lowest BCUT2D eigenvalue weighted by Gasteiger charge is -2.22. The zero-order valence-electron chi connectivity index (χ0n) is 17.7. The SMILES string of the molecule is Cc1cccc(CS(=O)(=O)c2nnc([C@@H](CC(C)C)NC(=O)OC(C)(C)C)o2)c1. The fraction of sp³-hybridized carbons (Fsp3) is 0.550. The molecule has 0 saturated heterocycles. The summed E-state index contributed by atoms with van der Waals surface area (Å²) in [5.74, 6) is -0.0217. The number of nitrogens with one attached hydrogen (secondary N) is 1. The van der Waals surface area contributed by atoms with Crippen molar-refractivity contribution in [3.05, 3.63) is 41.3 Å². The van der Waals surface area contributed by atoms with Gasteiger partial charge in [0.2, 0.25) is 15.7 Å². The summed E-state index contributed by atoms with van der Waals surface area (Å²) in [6.07, 6.45) is -0.149. The number of amides is 1. The molecule has 1 aromatic carbocycles. The molecule has 0 aliphatic rings. The van der Waals surface area contributed by atoms with E-state index in [1.54, 1.807) is 39.0 Å². The van der Waals surface area contributed by atoms with Crippen molar-refractivity contribution in [1.82, 2.24) is 15.5 Å². The molecule has 1 heterocycles. The zero-order valence-corrected chi connectivity index (χ0v) is 18.5. The maximum atomic E-state index is 12.7.